The van der Waals surface area contributed by atoms with Crippen LogP contribution in [0.25, 0.3) is 0 Å². The molecule has 6 heteroatoms. The standard InChI is InChI=1S/C61H112O6/c1-4-7-10-13-16-19-22-25-27-28-29-30-31-32-34-37-39-42-45-48-51-54-60(63)66-57-58(67-61(64)55-52-49-46-43-40-35-24-21-18-15-12-9-6-3)56-65-59(62)53-50-47-44-41-38-36-33-26-23-20-17-14-11-8-5-2/h17,20,26,33,38,41,58H,4-16,18-19,21-25,27-32,34-37,39-40,42-57H2,1-3H3/b20-17-,33-26-,41-38-/t58-/m1/s1. The zero-order valence-corrected chi connectivity index (χ0v) is 44.9. The van der Waals surface area contributed by atoms with Gasteiger partial charge in [0.25, 0.3) is 0 Å². The second kappa shape index (κ2) is 56.2. The fraction of sp³-hybridized carbons (Fsp3) is 0.852. The third kappa shape index (κ3) is 54.4. The maximum Gasteiger partial charge on any atom is 0.306 e. The van der Waals surface area contributed by atoms with Gasteiger partial charge in [-0.25, -0.2) is 0 Å². The molecule has 0 radical (unpaired) electrons. The van der Waals surface area contributed by atoms with Crippen molar-refractivity contribution in [3.05, 3.63) is 36.5 Å². The highest BCUT2D eigenvalue weighted by molar-refractivity contribution is 5.71. The molecule has 0 bridgehead atoms. The number of hydrogen-bond acceptors (Lipinski definition) is 6. The molecule has 0 aromatic carbocycles. The summed E-state index contributed by atoms with van der Waals surface area (Å²) in [5, 5.41) is 0. The molecule has 0 saturated heterocycles. The Kier molecular flexibility index (Phi) is 54.2. The van der Waals surface area contributed by atoms with Crippen LogP contribution in [0.15, 0.2) is 36.5 Å². The Labute approximate surface area is 416 Å². The molecule has 0 amide bonds. The Morgan fingerprint density at radius 1 is 0.299 bits per heavy atom. The number of hydrogen-bond donors (Lipinski definition) is 0. The summed E-state index contributed by atoms with van der Waals surface area (Å²) in [6.07, 6.45) is 67.1. The van der Waals surface area contributed by atoms with E-state index in [1.165, 1.54) is 205 Å². The van der Waals surface area contributed by atoms with Crippen molar-refractivity contribution < 1.29 is 28.6 Å². The minimum atomic E-state index is -0.783. The predicted octanol–water partition coefficient (Wildman–Crippen LogP) is 19.7. The van der Waals surface area contributed by atoms with Crippen molar-refractivity contribution in [2.75, 3.05) is 13.2 Å². The molecule has 0 aliphatic heterocycles. The van der Waals surface area contributed by atoms with Gasteiger partial charge in [0.15, 0.2) is 6.10 Å². The zero-order chi connectivity index (χ0) is 48.6. The summed E-state index contributed by atoms with van der Waals surface area (Å²) in [7, 11) is 0. The van der Waals surface area contributed by atoms with E-state index in [9.17, 15) is 14.4 Å². The van der Waals surface area contributed by atoms with Gasteiger partial charge in [-0.3, -0.25) is 14.4 Å². The molecule has 0 aromatic rings. The summed E-state index contributed by atoms with van der Waals surface area (Å²) >= 11 is 0. The van der Waals surface area contributed by atoms with Crippen LogP contribution in [0.4, 0.5) is 0 Å². The first-order valence-electron chi connectivity index (χ1n) is 29.5. The molecule has 0 aliphatic carbocycles. The number of carbonyl (C=O) groups is 3. The summed E-state index contributed by atoms with van der Waals surface area (Å²) < 4.78 is 16.8. The van der Waals surface area contributed by atoms with Gasteiger partial charge in [0.2, 0.25) is 0 Å². The molecule has 1 atom stereocenters. The lowest BCUT2D eigenvalue weighted by Crippen LogP contribution is -2.30. The zero-order valence-electron chi connectivity index (χ0n) is 44.9. The average molecular weight is 942 g/mol. The summed E-state index contributed by atoms with van der Waals surface area (Å²) in [5.41, 5.74) is 0. The number of rotatable bonds is 54. The van der Waals surface area contributed by atoms with E-state index in [-0.39, 0.29) is 31.1 Å². The largest absolute Gasteiger partial charge is 0.462 e. The molecule has 392 valence electrons. The van der Waals surface area contributed by atoms with Gasteiger partial charge in [-0.2, -0.15) is 0 Å². The van der Waals surface area contributed by atoms with E-state index in [1.54, 1.807) is 0 Å². The lowest BCUT2D eigenvalue weighted by atomic mass is 10.0. The Morgan fingerprint density at radius 3 is 0.866 bits per heavy atom. The number of ether oxygens (including phenoxy) is 3. The molecule has 0 heterocycles. The quantitative estimate of drug-likeness (QED) is 0.0262. The summed E-state index contributed by atoms with van der Waals surface area (Å²) in [6.45, 7) is 6.62. The van der Waals surface area contributed by atoms with Crippen LogP contribution in [0, 0.1) is 0 Å². The van der Waals surface area contributed by atoms with Gasteiger partial charge in [-0.1, -0.05) is 276 Å². The molecule has 0 spiro atoms. The average Bonchev–Trinajstić information content (AvgIpc) is 3.33. The SMILES string of the molecule is CCCCC/C=C\C/C=C\C/C=C\CCCCC(=O)OC[C@H](COC(=O)CCCCCCCCCCCCCCCCCCCCCCC)OC(=O)CCCCCCCCCCCCCCC. The molecule has 0 N–H and O–H groups in total. The third-order valence-electron chi connectivity index (χ3n) is 13.1. The molecular formula is C61H112O6. The van der Waals surface area contributed by atoms with E-state index in [2.05, 4.69) is 57.2 Å². The van der Waals surface area contributed by atoms with Crippen molar-refractivity contribution in [2.45, 2.75) is 322 Å². The summed E-state index contributed by atoms with van der Waals surface area (Å²) in [5.74, 6) is -0.900. The van der Waals surface area contributed by atoms with Crippen LogP contribution < -0.4 is 0 Å². The van der Waals surface area contributed by atoms with E-state index >= 15 is 0 Å². The van der Waals surface area contributed by atoms with Crippen molar-refractivity contribution in [2.24, 2.45) is 0 Å². The first-order chi connectivity index (χ1) is 33.0. The van der Waals surface area contributed by atoms with Gasteiger partial charge in [-0.05, 0) is 57.8 Å². The summed E-state index contributed by atoms with van der Waals surface area (Å²) in [4.78, 5) is 38.1. The lowest BCUT2D eigenvalue weighted by molar-refractivity contribution is -0.167. The fourth-order valence-electron chi connectivity index (χ4n) is 8.69. The Morgan fingerprint density at radius 2 is 0.537 bits per heavy atom. The molecule has 0 aliphatic rings. The van der Waals surface area contributed by atoms with E-state index in [0.717, 1.165) is 70.6 Å². The van der Waals surface area contributed by atoms with Crippen LogP contribution in [0.2, 0.25) is 0 Å². The van der Waals surface area contributed by atoms with E-state index < -0.39 is 6.10 Å². The third-order valence-corrected chi connectivity index (χ3v) is 13.1. The van der Waals surface area contributed by atoms with Crippen LogP contribution in [-0.2, 0) is 28.6 Å². The number of carbonyl (C=O) groups excluding carboxylic acids is 3. The second-order valence-corrected chi connectivity index (χ2v) is 19.9. The number of allylic oxidation sites excluding steroid dienone is 6. The smallest absolute Gasteiger partial charge is 0.306 e. The maximum atomic E-state index is 12.8. The minimum absolute atomic E-state index is 0.0792. The van der Waals surface area contributed by atoms with E-state index in [0.29, 0.717) is 19.3 Å². The molecule has 0 unspecified atom stereocenters. The molecular weight excluding hydrogens is 829 g/mol. The van der Waals surface area contributed by atoms with Gasteiger partial charge < -0.3 is 14.2 Å². The van der Waals surface area contributed by atoms with E-state index in [1.807, 2.05) is 0 Å². The highest BCUT2D eigenvalue weighted by atomic mass is 16.6. The molecule has 0 aromatic heterocycles. The van der Waals surface area contributed by atoms with Gasteiger partial charge >= 0.3 is 17.9 Å². The van der Waals surface area contributed by atoms with Crippen molar-refractivity contribution in [3.63, 3.8) is 0 Å². The predicted molar refractivity (Wildman–Crippen MR) is 289 cm³/mol. The lowest BCUT2D eigenvalue weighted by Gasteiger charge is -2.18. The highest BCUT2D eigenvalue weighted by Gasteiger charge is 2.19. The first-order valence-corrected chi connectivity index (χ1v) is 29.5. The molecule has 6 nitrogen and oxygen atoms in total. The van der Waals surface area contributed by atoms with Gasteiger partial charge in [0.05, 0.1) is 0 Å². The van der Waals surface area contributed by atoms with Gasteiger partial charge in [0, 0.05) is 19.3 Å². The van der Waals surface area contributed by atoms with Crippen LogP contribution in [0.3, 0.4) is 0 Å². The fourth-order valence-corrected chi connectivity index (χ4v) is 8.69. The summed E-state index contributed by atoms with van der Waals surface area (Å²) in [6, 6.07) is 0. The Hall–Kier alpha value is -2.37. The van der Waals surface area contributed by atoms with Crippen LogP contribution >= 0.6 is 0 Å². The van der Waals surface area contributed by atoms with Crippen LogP contribution in [0.5, 0.6) is 0 Å². The normalized spacial score (nSPS) is 12.2. The number of esters is 3. The monoisotopic (exact) mass is 941 g/mol. The van der Waals surface area contributed by atoms with Crippen LogP contribution in [-0.4, -0.2) is 37.2 Å². The molecule has 0 fully saturated rings. The van der Waals surface area contributed by atoms with Crippen molar-refractivity contribution in [1.29, 1.82) is 0 Å². The highest BCUT2D eigenvalue weighted by Crippen LogP contribution is 2.17. The van der Waals surface area contributed by atoms with E-state index in [4.69, 9.17) is 14.2 Å². The first kappa shape index (κ1) is 64.6. The van der Waals surface area contributed by atoms with Crippen molar-refractivity contribution >= 4 is 17.9 Å². The van der Waals surface area contributed by atoms with Gasteiger partial charge in [0.1, 0.15) is 13.2 Å². The number of unbranched alkanes of at least 4 members (excludes halogenated alkanes) is 37. The van der Waals surface area contributed by atoms with Crippen LogP contribution in [0.1, 0.15) is 316 Å². The van der Waals surface area contributed by atoms with Crippen molar-refractivity contribution in [1.82, 2.24) is 0 Å². The van der Waals surface area contributed by atoms with Crippen molar-refractivity contribution in [3.8, 4) is 0 Å². The maximum absolute atomic E-state index is 12.8. The molecule has 0 rings (SSSR count). The topological polar surface area (TPSA) is 78.9 Å². The minimum Gasteiger partial charge on any atom is -0.462 e. The van der Waals surface area contributed by atoms with Gasteiger partial charge in [-0.15, -0.1) is 0 Å². The second-order valence-electron chi connectivity index (χ2n) is 19.9. The molecule has 67 heavy (non-hydrogen) atoms. The molecule has 0 saturated carbocycles. The Balaban J connectivity index is 4.31. The Bertz CT molecular complexity index is 1130.